The van der Waals surface area contributed by atoms with Gasteiger partial charge in [-0.2, -0.15) is 0 Å². The highest BCUT2D eigenvalue weighted by molar-refractivity contribution is 6.37. The maximum absolute atomic E-state index is 14.3. The number of piperidine rings is 1. The predicted octanol–water partition coefficient (Wildman–Crippen LogP) is 2.17. The average Bonchev–Trinajstić information content (AvgIpc) is 3.25. The number of fused-ring (bicyclic) bond motifs is 1. The number of amides is 6. The molecule has 5 N–H and O–H groups in total. The normalized spacial score (nSPS) is 25.8. The summed E-state index contributed by atoms with van der Waals surface area (Å²) in [6.07, 6.45) is 3.84. The second kappa shape index (κ2) is 13.0. The quantitative estimate of drug-likeness (QED) is 0.235. The van der Waals surface area contributed by atoms with Crippen molar-refractivity contribution in [3.05, 3.63) is 0 Å². The summed E-state index contributed by atoms with van der Waals surface area (Å²) < 4.78 is 5.05. The van der Waals surface area contributed by atoms with Gasteiger partial charge in [0.05, 0.1) is 18.6 Å². The minimum atomic E-state index is -1.10. The van der Waals surface area contributed by atoms with Crippen molar-refractivity contribution in [2.75, 3.05) is 26.2 Å². The lowest BCUT2D eigenvalue weighted by Crippen LogP contribution is -2.62. The van der Waals surface area contributed by atoms with Crippen molar-refractivity contribution in [3.8, 4) is 0 Å². The Kier molecular flexibility index (Phi) is 10.0. The molecule has 4 rings (SSSR count). The van der Waals surface area contributed by atoms with Crippen LogP contribution in [0.2, 0.25) is 0 Å². The third kappa shape index (κ3) is 7.60. The van der Waals surface area contributed by atoms with Crippen molar-refractivity contribution in [2.45, 2.75) is 112 Å². The summed E-state index contributed by atoms with van der Waals surface area (Å²) in [6, 6.07) is -3.89. The SMILES string of the molecule is CC(C)(C)[C@H](NC(=O)N[C@H](CN1CCOC1=O)C(C)(C)C)C(=O)N1C[C@H]2[C@@H]([C@H]1C(=O)NC(CCC1CCC1)C(=O)C(N)=O)C2(C)C. The van der Waals surface area contributed by atoms with E-state index in [9.17, 15) is 28.8 Å². The third-order valence-corrected chi connectivity index (χ3v) is 10.7. The van der Waals surface area contributed by atoms with Crippen LogP contribution in [0.5, 0.6) is 0 Å². The molecule has 0 aromatic rings. The summed E-state index contributed by atoms with van der Waals surface area (Å²) in [7, 11) is 0. The summed E-state index contributed by atoms with van der Waals surface area (Å²) >= 11 is 0. The van der Waals surface area contributed by atoms with E-state index in [0.29, 0.717) is 38.5 Å². The van der Waals surface area contributed by atoms with Gasteiger partial charge in [0, 0.05) is 13.1 Å². The van der Waals surface area contributed by atoms with E-state index < -0.39 is 70.6 Å². The number of carbonyl (C=O) groups excluding carboxylic acids is 6. The fourth-order valence-electron chi connectivity index (χ4n) is 7.19. The highest BCUT2D eigenvalue weighted by atomic mass is 16.6. The zero-order chi connectivity index (χ0) is 34.4. The number of hydrogen-bond donors (Lipinski definition) is 4. The maximum Gasteiger partial charge on any atom is 0.410 e. The van der Waals surface area contributed by atoms with Gasteiger partial charge in [-0.25, -0.2) is 9.59 Å². The van der Waals surface area contributed by atoms with Crippen LogP contribution in [0.4, 0.5) is 9.59 Å². The number of Topliss-reactive ketones (excluding diaryl/α,β-unsaturated/α-hetero) is 1. The van der Waals surface area contributed by atoms with Crippen LogP contribution in [0.1, 0.15) is 87.5 Å². The van der Waals surface area contributed by atoms with Crippen molar-refractivity contribution >= 4 is 35.6 Å². The van der Waals surface area contributed by atoms with E-state index in [1.807, 2.05) is 41.5 Å². The number of ether oxygens (including phenoxy) is 1. The molecule has 2 saturated heterocycles. The Morgan fingerprint density at radius 1 is 1.00 bits per heavy atom. The minimum absolute atomic E-state index is 0.0763. The van der Waals surface area contributed by atoms with Gasteiger partial charge >= 0.3 is 12.1 Å². The lowest BCUT2D eigenvalue weighted by Gasteiger charge is -2.39. The Hall–Kier alpha value is -3.38. The molecule has 1 unspecified atom stereocenters. The van der Waals surface area contributed by atoms with Gasteiger partial charge in [0.25, 0.3) is 5.91 Å². The molecule has 0 bridgehead atoms. The molecule has 4 fully saturated rings. The zero-order valence-corrected chi connectivity index (χ0v) is 28.7. The van der Waals surface area contributed by atoms with Crippen molar-refractivity contribution < 1.29 is 33.5 Å². The van der Waals surface area contributed by atoms with Crippen molar-refractivity contribution in [3.63, 3.8) is 0 Å². The number of nitrogens with two attached hydrogens (primary N) is 1. The number of cyclic esters (lactones) is 1. The summed E-state index contributed by atoms with van der Waals surface area (Å²) in [4.78, 5) is 81.5. The topological polar surface area (TPSA) is 180 Å². The Morgan fingerprint density at radius 2 is 1.65 bits per heavy atom. The van der Waals surface area contributed by atoms with E-state index in [1.54, 1.807) is 4.90 Å². The summed E-state index contributed by atoms with van der Waals surface area (Å²) in [5.74, 6) is -2.41. The number of nitrogens with one attached hydrogen (secondary N) is 3. The second-order valence-electron chi connectivity index (χ2n) is 16.4. The largest absolute Gasteiger partial charge is 0.448 e. The minimum Gasteiger partial charge on any atom is -0.448 e. The van der Waals surface area contributed by atoms with Gasteiger partial charge < -0.3 is 36.2 Å². The van der Waals surface area contributed by atoms with Crippen LogP contribution >= 0.6 is 0 Å². The number of carbonyl (C=O) groups is 6. The Bertz CT molecular complexity index is 1230. The molecule has 46 heavy (non-hydrogen) atoms. The van der Waals surface area contributed by atoms with Gasteiger partial charge in [-0.3, -0.25) is 19.2 Å². The third-order valence-electron chi connectivity index (χ3n) is 10.7. The molecular weight excluding hydrogens is 592 g/mol. The predicted molar refractivity (Wildman–Crippen MR) is 170 cm³/mol. The smallest absolute Gasteiger partial charge is 0.410 e. The first kappa shape index (κ1) is 35.5. The second-order valence-corrected chi connectivity index (χ2v) is 16.4. The lowest BCUT2D eigenvalue weighted by atomic mass is 9.81. The number of likely N-dealkylation sites (tertiary alicyclic amines) is 1. The Balaban J connectivity index is 1.50. The molecule has 6 atom stereocenters. The van der Waals surface area contributed by atoms with E-state index in [4.69, 9.17) is 10.5 Å². The number of primary amides is 1. The van der Waals surface area contributed by atoms with Gasteiger partial charge in [-0.15, -0.1) is 0 Å². The van der Waals surface area contributed by atoms with E-state index in [-0.39, 0.29) is 23.8 Å². The monoisotopic (exact) mass is 646 g/mol. The first-order valence-electron chi connectivity index (χ1n) is 16.7. The maximum atomic E-state index is 14.3. The standard InChI is InChI=1S/C33H54N6O7/c1-31(2,3)21(17-38-14-15-46-30(38)45)36-29(44)37-25(32(4,5)6)28(43)39-16-19-22(33(19,7)8)23(39)27(42)35-20(24(40)26(34)41)13-12-18-10-9-11-18/h18-23,25H,9-17H2,1-8H3,(H2,34,41)(H,35,42)(H2,36,37,44)/t19-,20?,21+,22-,23-,25+/m0/s1. The van der Waals surface area contributed by atoms with Gasteiger partial charge in [-0.05, 0) is 46.8 Å². The molecular formula is C33H54N6O7. The fourth-order valence-corrected chi connectivity index (χ4v) is 7.19. The fraction of sp³-hybridized carbons (Fsp3) is 0.818. The Morgan fingerprint density at radius 3 is 2.15 bits per heavy atom. The first-order chi connectivity index (χ1) is 21.2. The van der Waals surface area contributed by atoms with Crippen molar-refractivity contribution in [1.29, 1.82) is 0 Å². The lowest BCUT2D eigenvalue weighted by molar-refractivity contribution is -0.145. The van der Waals surface area contributed by atoms with E-state index in [0.717, 1.165) is 19.3 Å². The van der Waals surface area contributed by atoms with Crippen LogP contribution in [0, 0.1) is 34.0 Å². The number of urea groups is 1. The molecule has 2 heterocycles. The van der Waals surface area contributed by atoms with E-state index >= 15 is 0 Å². The molecule has 0 radical (unpaired) electrons. The summed E-state index contributed by atoms with van der Waals surface area (Å²) in [6.45, 7) is 16.8. The molecule has 4 aliphatic rings. The van der Waals surface area contributed by atoms with Crippen molar-refractivity contribution in [2.24, 2.45) is 39.7 Å². The van der Waals surface area contributed by atoms with Crippen LogP contribution in [0.15, 0.2) is 0 Å². The number of ketones is 1. The summed E-state index contributed by atoms with van der Waals surface area (Å²) in [5.41, 5.74) is 4.02. The molecule has 6 amide bonds. The van der Waals surface area contributed by atoms with Crippen LogP contribution in [0.3, 0.4) is 0 Å². The number of hydrogen-bond acceptors (Lipinski definition) is 7. The molecule has 2 aliphatic carbocycles. The van der Waals surface area contributed by atoms with E-state index in [2.05, 4.69) is 29.8 Å². The zero-order valence-electron chi connectivity index (χ0n) is 28.7. The van der Waals surface area contributed by atoms with Crippen molar-refractivity contribution in [1.82, 2.24) is 25.8 Å². The van der Waals surface area contributed by atoms with Gasteiger partial charge in [0.1, 0.15) is 18.7 Å². The average molecular weight is 647 g/mol. The summed E-state index contributed by atoms with van der Waals surface area (Å²) in [5, 5.41) is 8.64. The molecule has 13 nitrogen and oxygen atoms in total. The molecule has 13 heteroatoms. The molecule has 2 saturated carbocycles. The van der Waals surface area contributed by atoms with Gasteiger partial charge in [-0.1, -0.05) is 74.7 Å². The Labute approximate surface area is 272 Å². The van der Waals surface area contributed by atoms with Crippen LogP contribution in [-0.2, 0) is 23.9 Å². The van der Waals surface area contributed by atoms with Gasteiger partial charge in [0.2, 0.25) is 17.6 Å². The first-order valence-corrected chi connectivity index (χ1v) is 16.7. The highest BCUT2D eigenvalue weighted by Gasteiger charge is 2.70. The van der Waals surface area contributed by atoms with Crippen LogP contribution in [-0.4, -0.2) is 95.8 Å². The van der Waals surface area contributed by atoms with Gasteiger partial charge in [0.15, 0.2) is 0 Å². The molecule has 258 valence electrons. The van der Waals surface area contributed by atoms with Crippen LogP contribution in [0.25, 0.3) is 0 Å². The highest BCUT2D eigenvalue weighted by Crippen LogP contribution is 2.65. The molecule has 0 aromatic heterocycles. The number of nitrogens with zero attached hydrogens (tertiary/aromatic N) is 2. The number of rotatable bonds is 12. The molecule has 0 spiro atoms. The molecule has 0 aromatic carbocycles. The molecule has 2 aliphatic heterocycles. The van der Waals surface area contributed by atoms with Crippen LogP contribution < -0.4 is 21.7 Å². The van der Waals surface area contributed by atoms with E-state index in [1.165, 1.54) is 4.90 Å².